The topological polar surface area (TPSA) is 46.5 Å². The van der Waals surface area contributed by atoms with Crippen LogP contribution in [0.5, 0.6) is 0 Å². The summed E-state index contributed by atoms with van der Waals surface area (Å²) >= 11 is 0. The summed E-state index contributed by atoms with van der Waals surface area (Å²) in [5.41, 5.74) is 1.10. The van der Waals surface area contributed by atoms with Crippen LogP contribution in [0.25, 0.3) is 0 Å². The Labute approximate surface area is 108 Å². The first-order valence-corrected chi connectivity index (χ1v) is 6.55. The van der Waals surface area contributed by atoms with Crippen LogP contribution in [0.4, 0.5) is 0 Å². The maximum Gasteiger partial charge on any atom is 0.309 e. The number of aliphatic carboxylic acids is 1. The van der Waals surface area contributed by atoms with E-state index in [0.717, 1.165) is 24.8 Å². The molecule has 1 aromatic rings. The Morgan fingerprint density at radius 3 is 2.72 bits per heavy atom. The second kappa shape index (κ2) is 6.01. The molecule has 1 aliphatic carbocycles. The van der Waals surface area contributed by atoms with Crippen LogP contribution in [0.2, 0.25) is 0 Å². The van der Waals surface area contributed by atoms with Crippen molar-refractivity contribution >= 4 is 5.97 Å². The molecule has 3 unspecified atom stereocenters. The fraction of sp³-hybridized carbons (Fsp3) is 0.533. The smallest absolute Gasteiger partial charge is 0.309 e. The van der Waals surface area contributed by atoms with Crippen molar-refractivity contribution in [2.75, 3.05) is 0 Å². The first kappa shape index (κ1) is 13.1. The van der Waals surface area contributed by atoms with E-state index in [9.17, 15) is 9.90 Å². The Balaban J connectivity index is 1.94. The summed E-state index contributed by atoms with van der Waals surface area (Å²) in [5, 5.41) is 9.21. The summed E-state index contributed by atoms with van der Waals surface area (Å²) in [6.45, 7) is 2.67. The van der Waals surface area contributed by atoms with E-state index >= 15 is 0 Å². The van der Waals surface area contributed by atoms with Gasteiger partial charge >= 0.3 is 5.97 Å². The summed E-state index contributed by atoms with van der Waals surface area (Å²) in [7, 11) is 0. The van der Waals surface area contributed by atoms with E-state index in [1.807, 2.05) is 30.3 Å². The van der Waals surface area contributed by atoms with Crippen LogP contribution in [-0.2, 0) is 16.1 Å². The van der Waals surface area contributed by atoms with Gasteiger partial charge in [-0.2, -0.15) is 0 Å². The van der Waals surface area contributed by atoms with Gasteiger partial charge in [-0.15, -0.1) is 0 Å². The monoisotopic (exact) mass is 248 g/mol. The highest BCUT2D eigenvalue weighted by atomic mass is 16.5. The van der Waals surface area contributed by atoms with Crippen LogP contribution < -0.4 is 0 Å². The number of rotatable bonds is 4. The minimum Gasteiger partial charge on any atom is -0.481 e. The van der Waals surface area contributed by atoms with Gasteiger partial charge in [0.1, 0.15) is 0 Å². The molecule has 2 rings (SSSR count). The van der Waals surface area contributed by atoms with Crippen molar-refractivity contribution in [2.24, 2.45) is 11.8 Å². The minimum absolute atomic E-state index is 0.147. The van der Waals surface area contributed by atoms with Crippen LogP contribution in [0.3, 0.4) is 0 Å². The number of carbonyl (C=O) groups is 1. The largest absolute Gasteiger partial charge is 0.481 e. The van der Waals surface area contributed by atoms with Gasteiger partial charge in [-0.3, -0.25) is 4.79 Å². The molecule has 1 fully saturated rings. The molecule has 98 valence electrons. The molecular weight excluding hydrogens is 228 g/mol. The van der Waals surface area contributed by atoms with Crippen LogP contribution in [0, 0.1) is 11.8 Å². The van der Waals surface area contributed by atoms with Crippen molar-refractivity contribution in [3.05, 3.63) is 35.9 Å². The molecule has 1 N–H and O–H groups in total. The van der Waals surface area contributed by atoms with E-state index in [-0.39, 0.29) is 12.0 Å². The molecule has 0 bridgehead atoms. The molecule has 3 heteroatoms. The second-order valence-corrected chi connectivity index (χ2v) is 5.20. The van der Waals surface area contributed by atoms with Gasteiger partial charge in [0.25, 0.3) is 0 Å². The SMILES string of the molecule is CC1CCC(C(=O)O)C(OCc2ccccc2)C1. The molecule has 0 saturated heterocycles. The van der Waals surface area contributed by atoms with Crippen molar-refractivity contribution < 1.29 is 14.6 Å². The maximum atomic E-state index is 11.2. The zero-order valence-corrected chi connectivity index (χ0v) is 10.7. The number of ether oxygens (including phenoxy) is 1. The molecule has 3 atom stereocenters. The lowest BCUT2D eigenvalue weighted by molar-refractivity contribution is -0.151. The van der Waals surface area contributed by atoms with Gasteiger partial charge in [0, 0.05) is 0 Å². The van der Waals surface area contributed by atoms with Crippen LogP contribution in [-0.4, -0.2) is 17.2 Å². The number of carboxylic acids is 1. The predicted molar refractivity (Wildman–Crippen MR) is 69.2 cm³/mol. The van der Waals surface area contributed by atoms with Crippen molar-refractivity contribution in [3.63, 3.8) is 0 Å². The standard InChI is InChI=1S/C15H20O3/c1-11-7-8-13(15(16)17)14(9-11)18-10-12-5-3-2-4-6-12/h2-6,11,13-14H,7-10H2,1H3,(H,16,17). The van der Waals surface area contributed by atoms with Gasteiger partial charge in [-0.05, 0) is 30.7 Å². The third kappa shape index (κ3) is 3.33. The lowest BCUT2D eigenvalue weighted by atomic mass is 9.80. The zero-order valence-electron chi connectivity index (χ0n) is 10.7. The van der Waals surface area contributed by atoms with Crippen molar-refractivity contribution in [1.29, 1.82) is 0 Å². The van der Waals surface area contributed by atoms with Gasteiger partial charge in [0.15, 0.2) is 0 Å². The second-order valence-electron chi connectivity index (χ2n) is 5.20. The fourth-order valence-electron chi connectivity index (χ4n) is 2.57. The highest BCUT2D eigenvalue weighted by Gasteiger charge is 2.34. The van der Waals surface area contributed by atoms with Gasteiger partial charge in [-0.25, -0.2) is 0 Å². The molecule has 0 heterocycles. The first-order valence-electron chi connectivity index (χ1n) is 6.55. The van der Waals surface area contributed by atoms with Crippen molar-refractivity contribution in [3.8, 4) is 0 Å². The molecule has 0 radical (unpaired) electrons. The molecule has 0 amide bonds. The summed E-state index contributed by atoms with van der Waals surface area (Å²) in [4.78, 5) is 11.2. The van der Waals surface area contributed by atoms with Gasteiger partial charge < -0.3 is 9.84 Å². The molecule has 18 heavy (non-hydrogen) atoms. The lowest BCUT2D eigenvalue weighted by Gasteiger charge is -2.32. The molecule has 1 saturated carbocycles. The van der Waals surface area contributed by atoms with Crippen LogP contribution in [0.15, 0.2) is 30.3 Å². The predicted octanol–water partition coefficient (Wildman–Crippen LogP) is 3.09. The average Bonchev–Trinajstić information content (AvgIpc) is 2.37. The van der Waals surface area contributed by atoms with Crippen molar-refractivity contribution in [2.45, 2.75) is 38.9 Å². The molecule has 0 aromatic heterocycles. The Kier molecular flexibility index (Phi) is 4.37. The molecule has 1 aliphatic rings. The van der Waals surface area contributed by atoms with Gasteiger partial charge in [0.05, 0.1) is 18.6 Å². The van der Waals surface area contributed by atoms with Crippen LogP contribution >= 0.6 is 0 Å². The quantitative estimate of drug-likeness (QED) is 0.890. The molecular formula is C15H20O3. The van der Waals surface area contributed by atoms with Crippen molar-refractivity contribution in [1.82, 2.24) is 0 Å². The van der Waals surface area contributed by atoms with E-state index in [2.05, 4.69) is 6.92 Å². The number of benzene rings is 1. The summed E-state index contributed by atoms with van der Waals surface area (Å²) in [6, 6.07) is 9.91. The van der Waals surface area contributed by atoms with E-state index in [4.69, 9.17) is 4.74 Å². The normalized spacial score (nSPS) is 27.9. The van der Waals surface area contributed by atoms with Gasteiger partial charge in [-0.1, -0.05) is 37.3 Å². The Hall–Kier alpha value is -1.35. The average molecular weight is 248 g/mol. The zero-order chi connectivity index (χ0) is 13.0. The Morgan fingerprint density at radius 2 is 2.06 bits per heavy atom. The molecule has 0 aliphatic heterocycles. The van der Waals surface area contributed by atoms with E-state index in [1.54, 1.807) is 0 Å². The first-order chi connectivity index (χ1) is 8.66. The third-order valence-electron chi connectivity index (χ3n) is 3.68. The Bertz CT molecular complexity index is 388. The molecule has 3 nitrogen and oxygen atoms in total. The van der Waals surface area contributed by atoms with E-state index in [1.165, 1.54) is 0 Å². The lowest BCUT2D eigenvalue weighted by Crippen LogP contribution is -2.36. The summed E-state index contributed by atoms with van der Waals surface area (Å²) < 4.78 is 5.83. The summed E-state index contributed by atoms with van der Waals surface area (Å²) in [6.07, 6.45) is 2.42. The van der Waals surface area contributed by atoms with Gasteiger partial charge in [0.2, 0.25) is 0 Å². The molecule has 1 aromatic carbocycles. The highest BCUT2D eigenvalue weighted by Crippen LogP contribution is 2.31. The summed E-state index contributed by atoms with van der Waals surface area (Å²) in [5.74, 6) is -0.508. The highest BCUT2D eigenvalue weighted by molar-refractivity contribution is 5.70. The van der Waals surface area contributed by atoms with Crippen LogP contribution in [0.1, 0.15) is 31.7 Å². The van der Waals surface area contributed by atoms with E-state index in [0.29, 0.717) is 12.5 Å². The number of hydrogen-bond acceptors (Lipinski definition) is 2. The Morgan fingerprint density at radius 1 is 1.33 bits per heavy atom. The molecule has 0 spiro atoms. The number of carboxylic acid groups (broad SMARTS) is 1. The maximum absolute atomic E-state index is 11.2. The number of hydrogen-bond donors (Lipinski definition) is 1. The fourth-order valence-corrected chi connectivity index (χ4v) is 2.57. The minimum atomic E-state index is -0.722. The van der Waals surface area contributed by atoms with E-state index < -0.39 is 5.97 Å². The third-order valence-corrected chi connectivity index (χ3v) is 3.68.